The van der Waals surface area contributed by atoms with Crippen molar-refractivity contribution in [2.75, 3.05) is 17.2 Å². The fraction of sp³-hybridized carbons (Fsp3) is 0.0714. The highest BCUT2D eigenvalue weighted by Crippen LogP contribution is 2.33. The molecule has 1 amide bonds. The Morgan fingerprint density at radius 1 is 1.10 bits per heavy atom. The van der Waals surface area contributed by atoms with Crippen molar-refractivity contribution < 1.29 is 9.18 Å². The Kier molecular flexibility index (Phi) is 5.28. The zero-order valence-electron chi connectivity index (χ0n) is 10.6. The van der Waals surface area contributed by atoms with E-state index in [9.17, 15) is 9.18 Å². The molecule has 3 nitrogen and oxygen atoms in total. The molecule has 110 valence electrons. The molecule has 0 spiro atoms. The van der Waals surface area contributed by atoms with Gasteiger partial charge in [0.2, 0.25) is 5.91 Å². The van der Waals surface area contributed by atoms with Gasteiger partial charge in [-0.2, -0.15) is 0 Å². The minimum absolute atomic E-state index is 0.0718. The summed E-state index contributed by atoms with van der Waals surface area (Å²) in [5.74, 6) is -0.785. The van der Waals surface area contributed by atoms with Gasteiger partial charge in [0.15, 0.2) is 0 Å². The molecule has 0 heterocycles. The summed E-state index contributed by atoms with van der Waals surface area (Å²) < 4.78 is 13.0. The predicted octanol–water partition coefficient (Wildman–Crippen LogP) is 4.84. The van der Waals surface area contributed by atoms with Crippen molar-refractivity contribution in [3.05, 3.63) is 57.3 Å². The molecular weight excluding hydrogens is 338 g/mol. The second-order valence-corrected chi connectivity index (χ2v) is 5.41. The van der Waals surface area contributed by atoms with Crippen LogP contribution in [0.4, 0.5) is 15.8 Å². The van der Waals surface area contributed by atoms with Crippen molar-refractivity contribution in [2.45, 2.75) is 0 Å². The highest BCUT2D eigenvalue weighted by Gasteiger charge is 2.09. The van der Waals surface area contributed by atoms with E-state index in [2.05, 4.69) is 10.6 Å². The Hall–Kier alpha value is -1.49. The fourth-order valence-electron chi connectivity index (χ4n) is 1.65. The van der Waals surface area contributed by atoms with Crippen LogP contribution in [0.3, 0.4) is 0 Å². The first-order chi connectivity index (χ1) is 9.95. The first-order valence-electron chi connectivity index (χ1n) is 5.89. The summed E-state index contributed by atoms with van der Waals surface area (Å²) in [4.78, 5) is 11.8. The SMILES string of the molecule is O=C(CNc1c(Cl)cc(Cl)cc1Cl)Nc1cccc(F)c1. The number of benzene rings is 2. The maximum Gasteiger partial charge on any atom is 0.243 e. The number of carbonyl (C=O) groups excluding carboxylic acids is 1. The van der Waals surface area contributed by atoms with Crippen molar-refractivity contribution >= 4 is 52.1 Å². The van der Waals surface area contributed by atoms with Crippen LogP contribution in [-0.2, 0) is 4.79 Å². The van der Waals surface area contributed by atoms with Gasteiger partial charge in [0.05, 0.1) is 22.3 Å². The number of carbonyl (C=O) groups is 1. The van der Waals surface area contributed by atoms with E-state index in [-0.39, 0.29) is 12.5 Å². The van der Waals surface area contributed by atoms with Gasteiger partial charge in [-0.15, -0.1) is 0 Å². The number of hydrogen-bond acceptors (Lipinski definition) is 2. The molecule has 2 aromatic carbocycles. The summed E-state index contributed by atoms with van der Waals surface area (Å²) >= 11 is 17.8. The number of halogens is 4. The Balaban J connectivity index is 1.99. The maximum atomic E-state index is 13.0. The second-order valence-electron chi connectivity index (χ2n) is 4.16. The van der Waals surface area contributed by atoms with E-state index in [4.69, 9.17) is 34.8 Å². The molecule has 7 heteroatoms. The van der Waals surface area contributed by atoms with E-state index >= 15 is 0 Å². The van der Waals surface area contributed by atoms with Crippen molar-refractivity contribution in [1.29, 1.82) is 0 Å². The Labute approximate surface area is 136 Å². The van der Waals surface area contributed by atoms with Crippen LogP contribution in [0, 0.1) is 5.82 Å². The van der Waals surface area contributed by atoms with Crippen molar-refractivity contribution in [1.82, 2.24) is 0 Å². The molecule has 2 rings (SSSR count). The molecule has 0 atom stereocenters. The zero-order valence-corrected chi connectivity index (χ0v) is 12.9. The van der Waals surface area contributed by atoms with Crippen LogP contribution < -0.4 is 10.6 Å². The maximum absolute atomic E-state index is 13.0. The molecule has 0 saturated heterocycles. The molecule has 0 aromatic heterocycles. The predicted molar refractivity (Wildman–Crippen MR) is 85.0 cm³/mol. The molecule has 21 heavy (non-hydrogen) atoms. The monoisotopic (exact) mass is 346 g/mol. The number of hydrogen-bond donors (Lipinski definition) is 2. The summed E-state index contributed by atoms with van der Waals surface area (Å²) in [6.45, 7) is -0.0718. The molecule has 2 N–H and O–H groups in total. The molecule has 2 aromatic rings. The highest BCUT2D eigenvalue weighted by molar-refractivity contribution is 6.41. The molecule has 0 bridgehead atoms. The first-order valence-corrected chi connectivity index (χ1v) is 7.03. The Morgan fingerprint density at radius 2 is 1.76 bits per heavy atom. The van der Waals surface area contributed by atoms with Crippen LogP contribution in [0.15, 0.2) is 36.4 Å². The number of rotatable bonds is 4. The lowest BCUT2D eigenvalue weighted by Crippen LogP contribution is -2.22. The van der Waals surface area contributed by atoms with Gasteiger partial charge in [0.25, 0.3) is 0 Å². The average molecular weight is 348 g/mol. The van der Waals surface area contributed by atoms with Gasteiger partial charge >= 0.3 is 0 Å². The van der Waals surface area contributed by atoms with E-state index < -0.39 is 5.82 Å². The van der Waals surface area contributed by atoms with Gasteiger partial charge in [-0.3, -0.25) is 4.79 Å². The van der Waals surface area contributed by atoms with Crippen LogP contribution in [0.25, 0.3) is 0 Å². The van der Waals surface area contributed by atoms with Gasteiger partial charge in [-0.25, -0.2) is 4.39 Å². The molecule has 0 unspecified atom stereocenters. The van der Waals surface area contributed by atoms with Crippen LogP contribution in [0.2, 0.25) is 15.1 Å². The lowest BCUT2D eigenvalue weighted by atomic mass is 10.3. The third-order valence-corrected chi connectivity index (χ3v) is 3.36. The summed E-state index contributed by atoms with van der Waals surface area (Å²) in [6, 6.07) is 8.64. The standard InChI is InChI=1S/C14H10Cl3FN2O/c15-8-4-11(16)14(12(17)5-8)19-7-13(21)20-10-3-1-2-9(18)6-10/h1-6,19H,7H2,(H,20,21). The van der Waals surface area contributed by atoms with Crippen molar-refractivity contribution in [3.8, 4) is 0 Å². The summed E-state index contributed by atoms with van der Waals surface area (Å²) in [7, 11) is 0. The van der Waals surface area contributed by atoms with E-state index in [1.165, 1.54) is 30.3 Å². The minimum atomic E-state index is -0.426. The number of nitrogens with one attached hydrogen (secondary N) is 2. The zero-order chi connectivity index (χ0) is 15.4. The van der Waals surface area contributed by atoms with E-state index in [0.29, 0.717) is 26.4 Å². The van der Waals surface area contributed by atoms with Gasteiger partial charge in [0, 0.05) is 10.7 Å². The highest BCUT2D eigenvalue weighted by atomic mass is 35.5. The first kappa shape index (κ1) is 15.9. The Bertz CT molecular complexity index is 656. The van der Waals surface area contributed by atoms with E-state index in [1.807, 2.05) is 0 Å². The molecule has 0 aliphatic carbocycles. The number of amides is 1. The van der Waals surface area contributed by atoms with Crippen molar-refractivity contribution in [3.63, 3.8) is 0 Å². The van der Waals surface area contributed by atoms with Gasteiger partial charge in [-0.1, -0.05) is 40.9 Å². The van der Waals surface area contributed by atoms with E-state index in [0.717, 1.165) is 0 Å². The molecule has 0 fully saturated rings. The van der Waals surface area contributed by atoms with Crippen LogP contribution >= 0.6 is 34.8 Å². The lowest BCUT2D eigenvalue weighted by molar-refractivity contribution is -0.114. The third-order valence-electron chi connectivity index (χ3n) is 2.54. The topological polar surface area (TPSA) is 41.1 Å². The average Bonchev–Trinajstić information content (AvgIpc) is 2.37. The third kappa shape index (κ3) is 4.49. The van der Waals surface area contributed by atoms with E-state index in [1.54, 1.807) is 6.07 Å². The Morgan fingerprint density at radius 3 is 2.38 bits per heavy atom. The fourth-order valence-corrected chi connectivity index (χ4v) is 2.60. The summed E-state index contributed by atoms with van der Waals surface area (Å²) in [5, 5.41) is 6.39. The lowest BCUT2D eigenvalue weighted by Gasteiger charge is -2.11. The smallest absolute Gasteiger partial charge is 0.243 e. The van der Waals surface area contributed by atoms with Gasteiger partial charge in [-0.05, 0) is 30.3 Å². The van der Waals surface area contributed by atoms with Crippen LogP contribution in [0.1, 0.15) is 0 Å². The molecule has 0 radical (unpaired) electrons. The number of anilines is 2. The largest absolute Gasteiger partial charge is 0.374 e. The summed E-state index contributed by atoms with van der Waals surface area (Å²) in [5.41, 5.74) is 0.784. The summed E-state index contributed by atoms with van der Waals surface area (Å²) in [6.07, 6.45) is 0. The van der Waals surface area contributed by atoms with Gasteiger partial charge in [0.1, 0.15) is 5.82 Å². The minimum Gasteiger partial charge on any atom is -0.374 e. The van der Waals surface area contributed by atoms with Crippen LogP contribution in [0.5, 0.6) is 0 Å². The van der Waals surface area contributed by atoms with Gasteiger partial charge < -0.3 is 10.6 Å². The molecule has 0 aliphatic rings. The van der Waals surface area contributed by atoms with Crippen molar-refractivity contribution in [2.24, 2.45) is 0 Å². The molecular formula is C14H10Cl3FN2O. The quantitative estimate of drug-likeness (QED) is 0.831. The molecule has 0 saturated carbocycles. The molecule has 0 aliphatic heterocycles. The van der Waals surface area contributed by atoms with Crippen LogP contribution in [-0.4, -0.2) is 12.5 Å². The normalized spacial score (nSPS) is 10.3. The second kappa shape index (κ2) is 6.98.